The van der Waals surface area contributed by atoms with Gasteiger partial charge in [0.25, 0.3) is 0 Å². The molecule has 0 spiro atoms. The maximum absolute atomic E-state index is 5.43. The predicted octanol–water partition coefficient (Wildman–Crippen LogP) is 4.39. The highest BCUT2D eigenvalue weighted by molar-refractivity contribution is 5.73. The first kappa shape index (κ1) is 22.1. The van der Waals surface area contributed by atoms with Gasteiger partial charge in [0.15, 0.2) is 0 Å². The van der Waals surface area contributed by atoms with Crippen molar-refractivity contribution in [2.45, 2.75) is 46.7 Å². The summed E-state index contributed by atoms with van der Waals surface area (Å²) >= 11 is 0. The number of hydrogen-bond acceptors (Lipinski definition) is 5. The summed E-state index contributed by atoms with van der Waals surface area (Å²) in [5.41, 5.74) is 6.69. The molecule has 1 aliphatic heterocycles. The number of nitrogens with zero attached hydrogens (tertiary/aromatic N) is 3. The number of anilines is 2. The molecule has 0 radical (unpaired) electrons. The molecular weight excluding hydrogens is 384 g/mol. The van der Waals surface area contributed by atoms with Crippen LogP contribution in [0.25, 0.3) is 0 Å². The second-order valence-corrected chi connectivity index (χ2v) is 10.1. The van der Waals surface area contributed by atoms with Gasteiger partial charge in [-0.2, -0.15) is 0 Å². The molecule has 1 saturated carbocycles. The Kier molecular flexibility index (Phi) is 6.83. The van der Waals surface area contributed by atoms with Crippen LogP contribution in [-0.2, 0) is 17.8 Å². The highest BCUT2D eigenvalue weighted by atomic mass is 16.5. The lowest BCUT2D eigenvalue weighted by molar-refractivity contribution is 0.202. The monoisotopic (exact) mass is 422 g/mol. The Morgan fingerprint density at radius 1 is 1.10 bits per heavy atom. The molecule has 2 aliphatic rings. The molecule has 0 bridgehead atoms. The Bertz CT molecular complexity index is 877. The normalized spacial score (nSPS) is 18.1. The maximum atomic E-state index is 5.43. The van der Waals surface area contributed by atoms with E-state index in [9.17, 15) is 0 Å². The van der Waals surface area contributed by atoms with Gasteiger partial charge < -0.3 is 19.9 Å². The number of ether oxygens (including phenoxy) is 1. The van der Waals surface area contributed by atoms with Crippen LogP contribution in [0, 0.1) is 18.3 Å². The highest BCUT2D eigenvalue weighted by Gasteiger charge is 2.34. The molecule has 2 aromatic rings. The van der Waals surface area contributed by atoms with Crippen LogP contribution in [0.2, 0.25) is 0 Å². The molecular formula is C26H38N4O. The fourth-order valence-corrected chi connectivity index (χ4v) is 4.68. The van der Waals surface area contributed by atoms with Crippen LogP contribution in [0.3, 0.4) is 0 Å². The number of hydrogen-bond donors (Lipinski definition) is 1. The Balaban J connectivity index is 1.55. The molecule has 0 saturated heterocycles. The lowest BCUT2D eigenvalue weighted by Gasteiger charge is -2.32. The molecule has 1 fully saturated rings. The highest BCUT2D eigenvalue weighted by Crippen LogP contribution is 2.40. The van der Waals surface area contributed by atoms with Gasteiger partial charge in [-0.1, -0.05) is 26.0 Å². The van der Waals surface area contributed by atoms with Crippen molar-refractivity contribution in [3.05, 3.63) is 53.3 Å². The van der Waals surface area contributed by atoms with Crippen molar-refractivity contribution in [1.82, 2.24) is 10.3 Å². The second-order valence-electron chi connectivity index (χ2n) is 10.1. The third-order valence-corrected chi connectivity index (χ3v) is 6.46. The van der Waals surface area contributed by atoms with E-state index in [1.807, 2.05) is 12.3 Å². The average Bonchev–Trinajstić information content (AvgIpc) is 3.56. The summed E-state index contributed by atoms with van der Waals surface area (Å²) in [6.07, 6.45) is 4.62. The first-order valence-electron chi connectivity index (χ1n) is 11.7. The summed E-state index contributed by atoms with van der Waals surface area (Å²) in [6.45, 7) is 13.6. The van der Waals surface area contributed by atoms with Gasteiger partial charge in [-0.25, -0.2) is 0 Å². The summed E-state index contributed by atoms with van der Waals surface area (Å²) in [4.78, 5) is 9.59. The van der Waals surface area contributed by atoms with E-state index >= 15 is 0 Å². The first-order valence-corrected chi connectivity index (χ1v) is 11.7. The minimum atomic E-state index is 0.234. The number of methoxy groups -OCH3 is 1. The molecule has 1 aromatic carbocycles. The molecule has 168 valence electrons. The topological polar surface area (TPSA) is 40.6 Å². The van der Waals surface area contributed by atoms with Crippen LogP contribution in [0.1, 0.15) is 43.5 Å². The van der Waals surface area contributed by atoms with E-state index in [1.165, 1.54) is 41.9 Å². The van der Waals surface area contributed by atoms with Gasteiger partial charge in [0.05, 0.1) is 18.0 Å². The van der Waals surface area contributed by atoms with Crippen molar-refractivity contribution in [3.8, 4) is 0 Å². The second kappa shape index (κ2) is 9.58. The first-order chi connectivity index (χ1) is 14.9. The van der Waals surface area contributed by atoms with E-state index in [0.29, 0.717) is 0 Å². The zero-order valence-electron chi connectivity index (χ0n) is 19.7. The minimum Gasteiger partial charge on any atom is -0.383 e. The van der Waals surface area contributed by atoms with E-state index in [1.54, 1.807) is 7.11 Å². The van der Waals surface area contributed by atoms with Crippen molar-refractivity contribution < 1.29 is 4.74 Å². The number of pyridine rings is 1. The minimum absolute atomic E-state index is 0.234. The van der Waals surface area contributed by atoms with Crippen LogP contribution in [0.5, 0.6) is 0 Å². The summed E-state index contributed by atoms with van der Waals surface area (Å²) in [6, 6.07) is 11.2. The van der Waals surface area contributed by atoms with Gasteiger partial charge in [-0.15, -0.1) is 0 Å². The zero-order valence-corrected chi connectivity index (χ0v) is 19.7. The van der Waals surface area contributed by atoms with Crippen LogP contribution in [0.4, 0.5) is 11.4 Å². The molecule has 0 amide bonds. The Hall–Kier alpha value is -2.11. The van der Waals surface area contributed by atoms with Gasteiger partial charge in [0.1, 0.15) is 0 Å². The van der Waals surface area contributed by atoms with E-state index < -0.39 is 0 Å². The molecule has 1 aromatic heterocycles. The van der Waals surface area contributed by atoms with E-state index in [0.717, 1.165) is 50.9 Å². The standard InChI is InChI=1S/C26H38N4O/c1-20-23(6-5-11-28-20)16-27-15-22-9-10-24-25(14-22)30(17-21-7-8-21)19-26(2,3)18-29(24)12-13-31-4/h5-6,9-11,14,21,27H,7-8,12-13,15-19H2,1-4H3. The summed E-state index contributed by atoms with van der Waals surface area (Å²) in [5, 5.41) is 3.62. The molecule has 0 unspecified atom stereocenters. The summed E-state index contributed by atoms with van der Waals surface area (Å²) < 4.78 is 5.43. The molecule has 2 heterocycles. The molecule has 1 N–H and O–H groups in total. The summed E-state index contributed by atoms with van der Waals surface area (Å²) in [5.74, 6) is 0.865. The lowest BCUT2D eigenvalue weighted by Crippen LogP contribution is -2.40. The molecule has 1 aliphatic carbocycles. The number of fused-ring (bicyclic) bond motifs is 1. The van der Waals surface area contributed by atoms with E-state index in [-0.39, 0.29) is 5.41 Å². The molecule has 4 rings (SSSR count). The van der Waals surface area contributed by atoms with Gasteiger partial charge >= 0.3 is 0 Å². The fraction of sp³-hybridized carbons (Fsp3) is 0.577. The van der Waals surface area contributed by atoms with Gasteiger partial charge in [-0.05, 0) is 60.4 Å². The van der Waals surface area contributed by atoms with Crippen molar-refractivity contribution in [2.75, 3.05) is 49.7 Å². The Morgan fingerprint density at radius 2 is 1.90 bits per heavy atom. The van der Waals surface area contributed by atoms with Crippen LogP contribution in [0.15, 0.2) is 36.5 Å². The Labute approximate surface area is 187 Å². The fourth-order valence-electron chi connectivity index (χ4n) is 4.68. The molecule has 5 nitrogen and oxygen atoms in total. The largest absolute Gasteiger partial charge is 0.383 e. The molecule has 5 heteroatoms. The number of rotatable bonds is 9. The third-order valence-electron chi connectivity index (χ3n) is 6.46. The van der Waals surface area contributed by atoms with E-state index in [4.69, 9.17) is 4.74 Å². The average molecular weight is 423 g/mol. The summed E-state index contributed by atoms with van der Waals surface area (Å²) in [7, 11) is 1.79. The number of aromatic nitrogens is 1. The van der Waals surface area contributed by atoms with Gasteiger partial charge in [0, 0.05) is 58.3 Å². The molecule has 31 heavy (non-hydrogen) atoms. The quantitative estimate of drug-likeness (QED) is 0.649. The zero-order chi connectivity index (χ0) is 21.8. The van der Waals surface area contributed by atoms with Crippen molar-refractivity contribution in [3.63, 3.8) is 0 Å². The Morgan fingerprint density at radius 3 is 2.65 bits per heavy atom. The van der Waals surface area contributed by atoms with E-state index in [2.05, 4.69) is 65.1 Å². The SMILES string of the molecule is COCCN1CC(C)(C)CN(CC2CC2)c2cc(CNCc3cccnc3C)ccc21. The number of aryl methyl sites for hydroxylation is 1. The number of benzene rings is 1. The molecule has 0 atom stereocenters. The number of nitrogens with one attached hydrogen (secondary N) is 1. The lowest BCUT2D eigenvalue weighted by atomic mass is 9.92. The van der Waals surface area contributed by atoms with Crippen molar-refractivity contribution >= 4 is 11.4 Å². The maximum Gasteiger partial charge on any atom is 0.0637 e. The van der Waals surface area contributed by atoms with Crippen LogP contribution in [-0.4, -0.2) is 44.9 Å². The van der Waals surface area contributed by atoms with Gasteiger partial charge in [0.2, 0.25) is 0 Å². The third kappa shape index (κ3) is 5.78. The van der Waals surface area contributed by atoms with Crippen LogP contribution >= 0.6 is 0 Å². The predicted molar refractivity (Wildman–Crippen MR) is 129 cm³/mol. The smallest absolute Gasteiger partial charge is 0.0637 e. The van der Waals surface area contributed by atoms with Crippen molar-refractivity contribution in [1.29, 1.82) is 0 Å². The van der Waals surface area contributed by atoms with Crippen LogP contribution < -0.4 is 15.1 Å². The van der Waals surface area contributed by atoms with Crippen molar-refractivity contribution in [2.24, 2.45) is 11.3 Å². The van der Waals surface area contributed by atoms with Gasteiger partial charge in [-0.3, -0.25) is 4.98 Å².